The topological polar surface area (TPSA) is 100 Å². The van der Waals surface area contributed by atoms with Gasteiger partial charge in [-0.1, -0.05) is 0 Å². The number of carbonyl (C=O) groups excluding carboxylic acids is 2. The third-order valence-corrected chi connectivity index (χ3v) is 1.72. The zero-order chi connectivity index (χ0) is 14.7. The van der Waals surface area contributed by atoms with Crippen molar-refractivity contribution in [2.45, 2.75) is 32.8 Å². The molecule has 1 amide bonds. The number of rotatable bonds is 7. The average Bonchev–Trinajstić information content (AvgIpc) is 2.26. The Hall–Kier alpha value is -1.81. The average molecular weight is 271 g/mol. The molecule has 0 saturated carbocycles. The first-order valence-electron chi connectivity index (χ1n) is 6.05. The van der Waals surface area contributed by atoms with Gasteiger partial charge in [0, 0.05) is 13.1 Å². The maximum absolute atomic E-state index is 11.2. The van der Waals surface area contributed by atoms with Crippen molar-refractivity contribution in [1.29, 1.82) is 5.26 Å². The lowest BCUT2D eigenvalue weighted by molar-refractivity contribution is -0.142. The Morgan fingerprint density at radius 1 is 1.26 bits per heavy atom. The molecule has 0 bridgehead atoms. The second kappa shape index (κ2) is 9.16. The van der Waals surface area contributed by atoms with Gasteiger partial charge in [-0.05, 0) is 20.8 Å². The lowest BCUT2D eigenvalue weighted by Gasteiger charge is -2.19. The van der Waals surface area contributed by atoms with Gasteiger partial charge < -0.3 is 20.1 Å². The Morgan fingerprint density at radius 2 is 1.95 bits per heavy atom. The fraction of sp³-hybridized carbons (Fsp3) is 0.750. The van der Waals surface area contributed by atoms with Crippen LogP contribution in [0.1, 0.15) is 27.2 Å². The van der Waals surface area contributed by atoms with Crippen LogP contribution in [0.4, 0.5) is 4.79 Å². The number of nitrogens with zero attached hydrogens (tertiary/aromatic N) is 1. The van der Waals surface area contributed by atoms with Crippen molar-refractivity contribution < 1.29 is 19.1 Å². The number of hydrogen-bond donors (Lipinski definition) is 2. The number of esters is 1. The number of ether oxygens (including phenoxy) is 2. The van der Waals surface area contributed by atoms with Gasteiger partial charge in [-0.3, -0.25) is 4.79 Å². The van der Waals surface area contributed by atoms with Gasteiger partial charge in [-0.2, -0.15) is 5.26 Å². The predicted molar refractivity (Wildman–Crippen MR) is 68.3 cm³/mol. The van der Waals surface area contributed by atoms with E-state index in [2.05, 4.69) is 10.6 Å². The molecule has 0 saturated heterocycles. The summed E-state index contributed by atoms with van der Waals surface area (Å²) in [5.41, 5.74) is -0.526. The third-order valence-electron chi connectivity index (χ3n) is 1.72. The summed E-state index contributed by atoms with van der Waals surface area (Å²) in [6.45, 7) is 6.26. The minimum atomic E-state index is -0.526. The molecule has 0 rings (SSSR count). The monoisotopic (exact) mass is 271 g/mol. The second-order valence-electron chi connectivity index (χ2n) is 4.73. The minimum Gasteiger partial charge on any atom is -0.464 e. The number of hydrogen-bond acceptors (Lipinski definition) is 6. The summed E-state index contributed by atoms with van der Waals surface area (Å²) in [6, 6.07) is 1.87. The maximum Gasteiger partial charge on any atom is 0.407 e. The van der Waals surface area contributed by atoms with Crippen molar-refractivity contribution >= 4 is 12.1 Å². The van der Waals surface area contributed by atoms with Gasteiger partial charge in [0.15, 0.2) is 0 Å². The first-order valence-corrected chi connectivity index (χ1v) is 6.05. The zero-order valence-electron chi connectivity index (χ0n) is 11.6. The van der Waals surface area contributed by atoms with Crippen molar-refractivity contribution in [1.82, 2.24) is 10.6 Å². The fourth-order valence-corrected chi connectivity index (χ4v) is 1.02. The normalized spacial score (nSPS) is 10.4. The molecule has 0 aromatic heterocycles. The van der Waals surface area contributed by atoms with Gasteiger partial charge >= 0.3 is 12.1 Å². The van der Waals surface area contributed by atoms with E-state index in [1.54, 1.807) is 20.8 Å². The van der Waals surface area contributed by atoms with Gasteiger partial charge in [-0.15, -0.1) is 0 Å². The van der Waals surface area contributed by atoms with Gasteiger partial charge in [0.25, 0.3) is 0 Å². The molecule has 0 aromatic carbocycles. The van der Waals surface area contributed by atoms with Crippen LogP contribution in [0.15, 0.2) is 0 Å². The summed E-state index contributed by atoms with van der Waals surface area (Å²) in [6.07, 6.45) is -0.308. The molecule has 0 aliphatic heterocycles. The molecular weight excluding hydrogens is 250 g/mol. The van der Waals surface area contributed by atoms with E-state index in [1.165, 1.54) is 0 Å². The van der Waals surface area contributed by atoms with Gasteiger partial charge in [0.1, 0.15) is 12.2 Å². The van der Waals surface area contributed by atoms with E-state index >= 15 is 0 Å². The summed E-state index contributed by atoms with van der Waals surface area (Å²) in [5, 5.41) is 13.6. The largest absolute Gasteiger partial charge is 0.464 e. The van der Waals surface area contributed by atoms with E-state index in [-0.39, 0.29) is 19.6 Å². The Bertz CT molecular complexity index is 331. The smallest absolute Gasteiger partial charge is 0.407 e. The molecule has 0 spiro atoms. The molecule has 108 valence electrons. The van der Waals surface area contributed by atoms with Gasteiger partial charge in [0.05, 0.1) is 19.0 Å². The first kappa shape index (κ1) is 17.2. The molecule has 0 aliphatic rings. The van der Waals surface area contributed by atoms with Crippen molar-refractivity contribution in [2.75, 3.05) is 26.2 Å². The maximum atomic E-state index is 11.2. The fourth-order valence-electron chi connectivity index (χ4n) is 1.02. The lowest BCUT2D eigenvalue weighted by Crippen LogP contribution is -2.37. The van der Waals surface area contributed by atoms with Crippen LogP contribution < -0.4 is 10.6 Å². The molecular formula is C12H21N3O4. The zero-order valence-corrected chi connectivity index (χ0v) is 11.6. The molecule has 2 N–H and O–H groups in total. The highest BCUT2D eigenvalue weighted by molar-refractivity contribution is 5.71. The molecule has 0 heterocycles. The van der Waals surface area contributed by atoms with Crippen LogP contribution >= 0.6 is 0 Å². The number of carbonyl (C=O) groups is 2. The molecule has 0 aliphatic carbocycles. The molecule has 0 fully saturated rings. The summed E-state index contributed by atoms with van der Waals surface area (Å²) in [4.78, 5) is 22.3. The van der Waals surface area contributed by atoms with E-state index in [9.17, 15) is 9.59 Å². The molecule has 0 unspecified atom stereocenters. The predicted octanol–water partition coefficient (Wildman–Crippen LogP) is 0.558. The Labute approximate surface area is 113 Å². The summed E-state index contributed by atoms with van der Waals surface area (Å²) in [5.74, 6) is -0.424. The molecule has 0 radical (unpaired) electrons. The minimum absolute atomic E-state index is 0.0431. The number of nitriles is 1. The number of nitrogens with one attached hydrogen (secondary N) is 2. The van der Waals surface area contributed by atoms with E-state index in [4.69, 9.17) is 14.7 Å². The number of alkyl carbamates (subject to hydrolysis) is 1. The van der Waals surface area contributed by atoms with Crippen molar-refractivity contribution in [3.8, 4) is 6.07 Å². The summed E-state index contributed by atoms with van der Waals surface area (Å²) in [7, 11) is 0. The van der Waals surface area contributed by atoms with Crippen molar-refractivity contribution in [2.24, 2.45) is 0 Å². The van der Waals surface area contributed by atoms with Crippen LogP contribution in [0.5, 0.6) is 0 Å². The van der Waals surface area contributed by atoms with Crippen molar-refractivity contribution in [3.05, 3.63) is 0 Å². The quantitative estimate of drug-likeness (QED) is 0.518. The second-order valence-corrected chi connectivity index (χ2v) is 4.73. The Morgan fingerprint density at radius 3 is 2.53 bits per heavy atom. The van der Waals surface area contributed by atoms with Crippen LogP contribution in [0.2, 0.25) is 0 Å². The van der Waals surface area contributed by atoms with Crippen molar-refractivity contribution in [3.63, 3.8) is 0 Å². The van der Waals surface area contributed by atoms with Gasteiger partial charge in [0.2, 0.25) is 0 Å². The molecule has 7 heteroatoms. The lowest BCUT2D eigenvalue weighted by atomic mass is 10.2. The van der Waals surface area contributed by atoms with Crippen LogP contribution in [0.25, 0.3) is 0 Å². The SMILES string of the molecule is CC(C)(C)OC(=O)NCCNCC(=O)OCCC#N. The third kappa shape index (κ3) is 12.4. The molecule has 7 nitrogen and oxygen atoms in total. The van der Waals surface area contributed by atoms with E-state index in [0.29, 0.717) is 13.1 Å². The highest BCUT2D eigenvalue weighted by atomic mass is 16.6. The van der Waals surface area contributed by atoms with Gasteiger partial charge in [-0.25, -0.2) is 4.79 Å². The van der Waals surface area contributed by atoms with Crippen LogP contribution in [-0.4, -0.2) is 43.9 Å². The summed E-state index contributed by atoms with van der Waals surface area (Å²) >= 11 is 0. The highest BCUT2D eigenvalue weighted by Gasteiger charge is 2.15. The number of amides is 1. The first-order chi connectivity index (χ1) is 8.85. The Kier molecular flexibility index (Phi) is 8.29. The molecule has 19 heavy (non-hydrogen) atoms. The van der Waals surface area contributed by atoms with Crippen LogP contribution in [0, 0.1) is 11.3 Å². The standard InChI is InChI=1S/C12H21N3O4/c1-12(2,3)19-11(17)15-7-6-14-9-10(16)18-8-4-5-13/h14H,4,6-9H2,1-3H3,(H,15,17). The highest BCUT2D eigenvalue weighted by Crippen LogP contribution is 2.05. The van der Waals surface area contributed by atoms with Crippen LogP contribution in [0.3, 0.4) is 0 Å². The molecule has 0 aromatic rings. The van der Waals surface area contributed by atoms with E-state index in [0.717, 1.165) is 0 Å². The van der Waals surface area contributed by atoms with Crippen LogP contribution in [-0.2, 0) is 14.3 Å². The molecule has 0 atom stereocenters. The Balaban J connectivity index is 3.48. The van der Waals surface area contributed by atoms with E-state index < -0.39 is 17.7 Å². The van der Waals surface area contributed by atoms with E-state index in [1.807, 2.05) is 6.07 Å². The summed E-state index contributed by atoms with van der Waals surface area (Å²) < 4.78 is 9.77.